The van der Waals surface area contributed by atoms with Crippen molar-refractivity contribution in [2.75, 3.05) is 20.6 Å². The Labute approximate surface area is 132 Å². The zero-order chi connectivity index (χ0) is 16.5. The zero-order valence-electron chi connectivity index (χ0n) is 13.8. The van der Waals surface area contributed by atoms with Gasteiger partial charge >= 0.3 is 0 Å². The molecule has 0 fully saturated rings. The van der Waals surface area contributed by atoms with Gasteiger partial charge in [0.05, 0.1) is 11.0 Å². The van der Waals surface area contributed by atoms with Crippen molar-refractivity contribution in [1.82, 2.24) is 18.6 Å². The van der Waals surface area contributed by atoms with E-state index in [1.165, 1.54) is 18.4 Å². The Balaban J connectivity index is 2.14. The van der Waals surface area contributed by atoms with Crippen LogP contribution in [-0.4, -0.2) is 42.9 Å². The third-order valence-corrected chi connectivity index (χ3v) is 5.16. The minimum Gasteiger partial charge on any atom is -0.326 e. The van der Waals surface area contributed by atoms with E-state index in [0.717, 1.165) is 22.4 Å². The minimum atomic E-state index is -3.36. The number of nitrogens with zero attached hydrogens (tertiary/aromatic N) is 3. The van der Waals surface area contributed by atoms with Gasteiger partial charge in [0.1, 0.15) is 5.82 Å². The van der Waals surface area contributed by atoms with Crippen LogP contribution >= 0.6 is 0 Å². The Morgan fingerprint density at radius 3 is 2.59 bits per heavy atom. The van der Waals surface area contributed by atoms with E-state index in [1.807, 2.05) is 19.1 Å². The van der Waals surface area contributed by atoms with Crippen LogP contribution in [0, 0.1) is 6.92 Å². The number of rotatable bonds is 6. The van der Waals surface area contributed by atoms with Crippen molar-refractivity contribution in [2.24, 2.45) is 0 Å². The van der Waals surface area contributed by atoms with Crippen LogP contribution in [0.3, 0.4) is 0 Å². The Hall–Kier alpha value is -1.44. The standard InChI is InChI=1S/C15H24N4O2S/c1-11(2)19-12(3)17-14-10-13(6-7-15(14)19)8-9-16-22(20,21)18(4)5/h6-7,10-11,16H,8-9H2,1-5H3. The predicted molar refractivity (Wildman–Crippen MR) is 89.2 cm³/mol. The number of fused-ring (bicyclic) bond motifs is 1. The van der Waals surface area contributed by atoms with Gasteiger partial charge in [-0.15, -0.1) is 0 Å². The lowest BCUT2D eigenvalue weighted by molar-refractivity contribution is 0.506. The summed E-state index contributed by atoms with van der Waals surface area (Å²) in [5.74, 6) is 0.996. The van der Waals surface area contributed by atoms with Crippen molar-refractivity contribution in [1.29, 1.82) is 0 Å². The molecule has 1 aromatic carbocycles. The van der Waals surface area contributed by atoms with Crippen molar-refractivity contribution in [3.63, 3.8) is 0 Å². The molecular weight excluding hydrogens is 300 g/mol. The van der Waals surface area contributed by atoms with E-state index in [1.54, 1.807) is 0 Å². The van der Waals surface area contributed by atoms with Crippen molar-refractivity contribution < 1.29 is 8.42 Å². The van der Waals surface area contributed by atoms with Crippen LogP contribution in [-0.2, 0) is 16.6 Å². The van der Waals surface area contributed by atoms with Crippen LogP contribution in [0.4, 0.5) is 0 Å². The van der Waals surface area contributed by atoms with Gasteiger partial charge in [-0.05, 0) is 44.9 Å². The van der Waals surface area contributed by atoms with Gasteiger partial charge in [0.25, 0.3) is 10.2 Å². The Kier molecular flexibility index (Phi) is 4.89. The van der Waals surface area contributed by atoms with Gasteiger partial charge in [0.15, 0.2) is 0 Å². The summed E-state index contributed by atoms with van der Waals surface area (Å²) in [6.45, 7) is 6.65. The molecule has 0 aliphatic rings. The van der Waals surface area contributed by atoms with E-state index in [-0.39, 0.29) is 0 Å². The molecular formula is C15H24N4O2S. The average molecular weight is 324 g/mol. The largest absolute Gasteiger partial charge is 0.326 e. The molecule has 122 valence electrons. The predicted octanol–water partition coefficient (Wildman–Crippen LogP) is 1.86. The molecule has 0 unspecified atom stereocenters. The first-order valence-electron chi connectivity index (χ1n) is 7.37. The van der Waals surface area contributed by atoms with Gasteiger partial charge in [0, 0.05) is 26.7 Å². The first kappa shape index (κ1) is 16.9. The normalized spacial score (nSPS) is 12.7. The van der Waals surface area contributed by atoms with E-state index in [2.05, 4.69) is 34.2 Å². The molecule has 2 rings (SSSR count). The molecule has 7 heteroatoms. The molecule has 22 heavy (non-hydrogen) atoms. The molecule has 0 aliphatic carbocycles. The molecule has 0 bridgehead atoms. The molecule has 2 aromatic rings. The van der Waals surface area contributed by atoms with Crippen molar-refractivity contribution in [3.8, 4) is 0 Å². The number of aromatic nitrogens is 2. The van der Waals surface area contributed by atoms with Crippen LogP contribution in [0.25, 0.3) is 11.0 Å². The van der Waals surface area contributed by atoms with Crippen LogP contribution in [0.15, 0.2) is 18.2 Å². The molecule has 0 saturated heterocycles. The summed E-state index contributed by atoms with van der Waals surface area (Å²) < 4.78 is 29.2. The molecule has 0 radical (unpaired) electrons. The number of imidazole rings is 1. The molecule has 0 atom stereocenters. The quantitative estimate of drug-likeness (QED) is 0.882. The van der Waals surface area contributed by atoms with Crippen molar-refractivity contribution in [2.45, 2.75) is 33.2 Å². The van der Waals surface area contributed by atoms with Crippen LogP contribution in [0.5, 0.6) is 0 Å². The number of aryl methyl sites for hydroxylation is 1. The SMILES string of the molecule is Cc1nc2cc(CCNS(=O)(=O)N(C)C)ccc2n1C(C)C. The summed E-state index contributed by atoms with van der Waals surface area (Å²) in [5.41, 5.74) is 3.15. The van der Waals surface area contributed by atoms with Crippen LogP contribution in [0.2, 0.25) is 0 Å². The summed E-state index contributed by atoms with van der Waals surface area (Å²) in [6.07, 6.45) is 0.636. The second-order valence-corrected chi connectivity index (χ2v) is 7.85. The maximum atomic E-state index is 11.7. The molecule has 0 aliphatic heterocycles. The third-order valence-electron chi connectivity index (χ3n) is 3.63. The highest BCUT2D eigenvalue weighted by molar-refractivity contribution is 7.87. The van der Waals surface area contributed by atoms with Gasteiger partial charge in [0.2, 0.25) is 0 Å². The highest BCUT2D eigenvalue weighted by Crippen LogP contribution is 2.21. The first-order chi connectivity index (χ1) is 10.2. The Morgan fingerprint density at radius 2 is 2.00 bits per heavy atom. The van der Waals surface area contributed by atoms with Gasteiger partial charge < -0.3 is 4.57 Å². The molecule has 0 amide bonds. The van der Waals surface area contributed by atoms with E-state index in [0.29, 0.717) is 19.0 Å². The molecule has 6 nitrogen and oxygen atoms in total. The second-order valence-electron chi connectivity index (χ2n) is 5.88. The summed E-state index contributed by atoms with van der Waals surface area (Å²) in [4.78, 5) is 4.60. The number of nitrogens with one attached hydrogen (secondary N) is 1. The van der Waals surface area contributed by atoms with E-state index in [4.69, 9.17) is 0 Å². The average Bonchev–Trinajstić information content (AvgIpc) is 2.73. The highest BCUT2D eigenvalue weighted by Gasteiger charge is 2.13. The minimum absolute atomic E-state index is 0.364. The Bertz CT molecular complexity index is 763. The van der Waals surface area contributed by atoms with E-state index >= 15 is 0 Å². The number of hydrogen-bond acceptors (Lipinski definition) is 3. The van der Waals surface area contributed by atoms with E-state index < -0.39 is 10.2 Å². The van der Waals surface area contributed by atoms with Crippen LogP contribution in [0.1, 0.15) is 31.3 Å². The summed E-state index contributed by atoms with van der Waals surface area (Å²) in [7, 11) is -0.342. The summed E-state index contributed by atoms with van der Waals surface area (Å²) >= 11 is 0. The lowest BCUT2D eigenvalue weighted by Crippen LogP contribution is -2.36. The lowest BCUT2D eigenvalue weighted by Gasteiger charge is -2.12. The van der Waals surface area contributed by atoms with Gasteiger partial charge in [-0.2, -0.15) is 12.7 Å². The highest BCUT2D eigenvalue weighted by atomic mass is 32.2. The topological polar surface area (TPSA) is 67.2 Å². The molecule has 1 aromatic heterocycles. The number of benzene rings is 1. The molecule has 1 heterocycles. The Morgan fingerprint density at radius 1 is 1.32 bits per heavy atom. The molecule has 0 spiro atoms. The van der Waals surface area contributed by atoms with E-state index in [9.17, 15) is 8.42 Å². The fraction of sp³-hybridized carbons (Fsp3) is 0.533. The van der Waals surface area contributed by atoms with Crippen LogP contribution < -0.4 is 4.72 Å². The van der Waals surface area contributed by atoms with Crippen molar-refractivity contribution in [3.05, 3.63) is 29.6 Å². The fourth-order valence-corrected chi connectivity index (χ4v) is 3.14. The summed E-state index contributed by atoms with van der Waals surface area (Å²) in [5, 5.41) is 0. The number of hydrogen-bond donors (Lipinski definition) is 1. The van der Waals surface area contributed by atoms with Gasteiger partial charge in [-0.1, -0.05) is 6.07 Å². The lowest BCUT2D eigenvalue weighted by atomic mass is 10.1. The zero-order valence-corrected chi connectivity index (χ0v) is 14.6. The van der Waals surface area contributed by atoms with Gasteiger partial charge in [-0.25, -0.2) is 9.71 Å². The fourth-order valence-electron chi connectivity index (χ4n) is 2.53. The second kappa shape index (κ2) is 6.36. The maximum absolute atomic E-state index is 11.7. The maximum Gasteiger partial charge on any atom is 0.278 e. The molecule has 1 N–H and O–H groups in total. The summed E-state index contributed by atoms with van der Waals surface area (Å²) in [6, 6.07) is 6.49. The third kappa shape index (κ3) is 3.48. The van der Waals surface area contributed by atoms with Gasteiger partial charge in [-0.3, -0.25) is 0 Å². The monoisotopic (exact) mass is 324 g/mol. The smallest absolute Gasteiger partial charge is 0.278 e. The molecule has 0 saturated carbocycles. The van der Waals surface area contributed by atoms with Crippen molar-refractivity contribution >= 4 is 21.2 Å². The first-order valence-corrected chi connectivity index (χ1v) is 8.81.